The number of nitrogens with one attached hydrogen (secondary N) is 2. The molecule has 0 aromatic carbocycles. The lowest BCUT2D eigenvalue weighted by Crippen LogP contribution is -2.39. The van der Waals surface area contributed by atoms with E-state index in [0.717, 1.165) is 11.6 Å². The van der Waals surface area contributed by atoms with Gasteiger partial charge in [-0.05, 0) is 19.1 Å². The van der Waals surface area contributed by atoms with Crippen molar-refractivity contribution in [3.8, 4) is 0 Å². The van der Waals surface area contributed by atoms with Crippen molar-refractivity contribution in [3.63, 3.8) is 0 Å². The molecule has 114 valence electrons. The van der Waals surface area contributed by atoms with Crippen LogP contribution >= 0.6 is 0 Å². The maximum Gasteiger partial charge on any atom is 0.191 e. The number of guanidine groups is 1. The summed E-state index contributed by atoms with van der Waals surface area (Å²) < 4.78 is 7.31. The molecule has 2 rings (SSSR count). The van der Waals surface area contributed by atoms with E-state index in [1.807, 2.05) is 30.8 Å². The number of hydrogen-bond donors (Lipinski definition) is 3. The standard InChI is InChI=1S/C14H21N5O2/c1-10-4-5-12(21-10)11(20)8-17-14(15-2)18-9-13-16-6-7-19(13)3/h4-7,11,20H,8-9H2,1-3H3,(H2,15,17,18). The monoisotopic (exact) mass is 291 g/mol. The van der Waals surface area contributed by atoms with Crippen LogP contribution in [-0.2, 0) is 13.6 Å². The first kappa shape index (κ1) is 15.1. The van der Waals surface area contributed by atoms with Crippen LogP contribution in [0.2, 0.25) is 0 Å². The molecule has 0 aliphatic carbocycles. The molecule has 21 heavy (non-hydrogen) atoms. The van der Waals surface area contributed by atoms with Gasteiger partial charge in [0.15, 0.2) is 5.96 Å². The number of nitrogens with zero attached hydrogens (tertiary/aromatic N) is 3. The molecular formula is C14H21N5O2. The second-order valence-electron chi connectivity index (χ2n) is 4.73. The van der Waals surface area contributed by atoms with Gasteiger partial charge in [0, 0.05) is 26.5 Å². The number of aryl methyl sites for hydroxylation is 2. The maximum absolute atomic E-state index is 10.0. The summed E-state index contributed by atoms with van der Waals surface area (Å²) in [4.78, 5) is 8.32. The maximum atomic E-state index is 10.0. The average Bonchev–Trinajstić information content (AvgIpc) is 3.08. The van der Waals surface area contributed by atoms with Crippen molar-refractivity contribution in [2.24, 2.45) is 12.0 Å². The molecule has 0 saturated heterocycles. The molecule has 1 unspecified atom stereocenters. The van der Waals surface area contributed by atoms with E-state index in [2.05, 4.69) is 20.6 Å². The highest BCUT2D eigenvalue weighted by Crippen LogP contribution is 2.14. The van der Waals surface area contributed by atoms with Gasteiger partial charge >= 0.3 is 0 Å². The van der Waals surface area contributed by atoms with Crippen LogP contribution < -0.4 is 10.6 Å². The topological polar surface area (TPSA) is 87.6 Å². The van der Waals surface area contributed by atoms with Crippen molar-refractivity contribution in [1.82, 2.24) is 20.2 Å². The zero-order valence-corrected chi connectivity index (χ0v) is 12.5. The highest BCUT2D eigenvalue weighted by atomic mass is 16.4. The molecule has 0 spiro atoms. The van der Waals surface area contributed by atoms with Crippen LogP contribution in [0.5, 0.6) is 0 Å². The Kier molecular flexibility index (Phi) is 4.99. The zero-order valence-electron chi connectivity index (χ0n) is 12.5. The number of hydrogen-bond acceptors (Lipinski definition) is 4. The molecule has 1 atom stereocenters. The molecule has 0 aliphatic heterocycles. The van der Waals surface area contributed by atoms with Crippen molar-refractivity contribution in [2.45, 2.75) is 19.6 Å². The fourth-order valence-electron chi connectivity index (χ4n) is 1.88. The van der Waals surface area contributed by atoms with E-state index in [-0.39, 0.29) is 0 Å². The van der Waals surface area contributed by atoms with Crippen molar-refractivity contribution >= 4 is 5.96 Å². The molecule has 0 fully saturated rings. The lowest BCUT2D eigenvalue weighted by molar-refractivity contribution is 0.151. The van der Waals surface area contributed by atoms with E-state index in [4.69, 9.17) is 4.42 Å². The van der Waals surface area contributed by atoms with E-state index in [1.54, 1.807) is 19.3 Å². The molecule has 2 aromatic heterocycles. The molecule has 2 aromatic rings. The summed E-state index contributed by atoms with van der Waals surface area (Å²) in [6, 6.07) is 3.60. The summed E-state index contributed by atoms with van der Waals surface area (Å²) in [5.41, 5.74) is 0. The Labute approximate surface area is 123 Å². The molecule has 7 heteroatoms. The Morgan fingerprint density at radius 3 is 2.86 bits per heavy atom. The summed E-state index contributed by atoms with van der Waals surface area (Å²) in [6.07, 6.45) is 2.91. The Morgan fingerprint density at radius 2 is 2.29 bits per heavy atom. The predicted molar refractivity (Wildman–Crippen MR) is 79.8 cm³/mol. The van der Waals surface area contributed by atoms with E-state index < -0.39 is 6.10 Å². The van der Waals surface area contributed by atoms with Gasteiger partial charge in [-0.15, -0.1) is 0 Å². The third-order valence-corrected chi connectivity index (χ3v) is 3.11. The Bertz CT molecular complexity index is 602. The summed E-state index contributed by atoms with van der Waals surface area (Å²) in [6.45, 7) is 2.71. The average molecular weight is 291 g/mol. The molecule has 0 amide bonds. The third kappa shape index (κ3) is 4.09. The number of furan rings is 1. The van der Waals surface area contributed by atoms with Crippen LogP contribution in [0.15, 0.2) is 33.9 Å². The lowest BCUT2D eigenvalue weighted by Gasteiger charge is -2.14. The predicted octanol–water partition coefficient (Wildman–Crippen LogP) is 0.720. The summed E-state index contributed by atoms with van der Waals surface area (Å²) >= 11 is 0. The van der Waals surface area contributed by atoms with Gasteiger partial charge in [-0.3, -0.25) is 4.99 Å². The molecule has 2 heterocycles. The Balaban J connectivity index is 1.81. The largest absolute Gasteiger partial charge is 0.464 e. The van der Waals surface area contributed by atoms with Crippen molar-refractivity contribution in [2.75, 3.05) is 13.6 Å². The van der Waals surface area contributed by atoms with Crippen molar-refractivity contribution in [1.29, 1.82) is 0 Å². The van der Waals surface area contributed by atoms with Crippen molar-refractivity contribution in [3.05, 3.63) is 41.9 Å². The molecule has 0 saturated carbocycles. The van der Waals surface area contributed by atoms with Gasteiger partial charge in [0.25, 0.3) is 0 Å². The van der Waals surface area contributed by atoms with E-state index in [1.165, 1.54) is 0 Å². The summed E-state index contributed by atoms with van der Waals surface area (Å²) in [7, 11) is 3.61. The highest BCUT2D eigenvalue weighted by molar-refractivity contribution is 5.79. The number of imidazole rings is 1. The van der Waals surface area contributed by atoms with Crippen LogP contribution in [0.4, 0.5) is 0 Å². The number of aliphatic hydroxyl groups is 1. The van der Waals surface area contributed by atoms with E-state index in [0.29, 0.717) is 24.8 Å². The summed E-state index contributed by atoms with van der Waals surface area (Å²) in [5, 5.41) is 16.2. The minimum absolute atomic E-state index is 0.313. The van der Waals surface area contributed by atoms with Gasteiger partial charge in [-0.25, -0.2) is 4.98 Å². The fraction of sp³-hybridized carbons (Fsp3) is 0.429. The number of aliphatic hydroxyl groups excluding tert-OH is 1. The molecule has 7 nitrogen and oxygen atoms in total. The number of rotatable bonds is 5. The Morgan fingerprint density at radius 1 is 1.48 bits per heavy atom. The highest BCUT2D eigenvalue weighted by Gasteiger charge is 2.12. The normalized spacial score (nSPS) is 13.2. The SMILES string of the molecule is CN=C(NCc1nccn1C)NCC(O)c1ccc(C)o1. The molecule has 0 bridgehead atoms. The smallest absolute Gasteiger partial charge is 0.191 e. The number of aromatic nitrogens is 2. The van der Waals surface area contributed by atoms with E-state index >= 15 is 0 Å². The van der Waals surface area contributed by atoms with Gasteiger partial charge < -0.3 is 24.7 Å². The second-order valence-corrected chi connectivity index (χ2v) is 4.73. The zero-order chi connectivity index (χ0) is 15.2. The van der Waals surface area contributed by atoms with Gasteiger partial charge in [0.1, 0.15) is 23.4 Å². The van der Waals surface area contributed by atoms with Gasteiger partial charge in [-0.1, -0.05) is 0 Å². The first-order chi connectivity index (χ1) is 10.1. The lowest BCUT2D eigenvalue weighted by atomic mass is 10.3. The quantitative estimate of drug-likeness (QED) is 0.558. The molecule has 0 radical (unpaired) electrons. The molecule has 0 aliphatic rings. The first-order valence-corrected chi connectivity index (χ1v) is 6.75. The van der Waals surface area contributed by atoms with Crippen molar-refractivity contribution < 1.29 is 9.52 Å². The van der Waals surface area contributed by atoms with Gasteiger partial charge in [-0.2, -0.15) is 0 Å². The molecule has 3 N–H and O–H groups in total. The second kappa shape index (κ2) is 6.94. The third-order valence-electron chi connectivity index (χ3n) is 3.11. The molecular weight excluding hydrogens is 270 g/mol. The first-order valence-electron chi connectivity index (χ1n) is 6.75. The van der Waals surface area contributed by atoms with E-state index in [9.17, 15) is 5.11 Å². The van der Waals surface area contributed by atoms with Crippen LogP contribution in [0, 0.1) is 6.92 Å². The fourth-order valence-corrected chi connectivity index (χ4v) is 1.88. The van der Waals surface area contributed by atoms with Crippen LogP contribution in [0.3, 0.4) is 0 Å². The van der Waals surface area contributed by atoms with Gasteiger partial charge in [0.05, 0.1) is 13.1 Å². The number of aliphatic imine (C=N–C) groups is 1. The van der Waals surface area contributed by atoms with Gasteiger partial charge in [0.2, 0.25) is 0 Å². The Hall–Kier alpha value is -2.28. The van der Waals surface area contributed by atoms with Crippen LogP contribution in [0.1, 0.15) is 23.4 Å². The van der Waals surface area contributed by atoms with Crippen LogP contribution in [0.25, 0.3) is 0 Å². The summed E-state index contributed by atoms with van der Waals surface area (Å²) in [5.74, 6) is 2.82. The minimum atomic E-state index is -0.717. The van der Waals surface area contributed by atoms with Crippen LogP contribution in [-0.4, -0.2) is 34.2 Å². The minimum Gasteiger partial charge on any atom is -0.464 e.